The molecule has 0 aromatic heterocycles. The van der Waals surface area contributed by atoms with Crippen LogP contribution < -0.4 is 0 Å². The van der Waals surface area contributed by atoms with E-state index in [2.05, 4.69) is 11.3 Å². The SMILES string of the molecule is C=C(C(=O)OC)C(C)OC. The third kappa shape index (κ3) is 2.19. The van der Waals surface area contributed by atoms with Crippen LogP contribution in [0.2, 0.25) is 0 Å². The van der Waals surface area contributed by atoms with Gasteiger partial charge in [-0.3, -0.25) is 0 Å². The maximum Gasteiger partial charge on any atom is 0.335 e. The molecule has 0 saturated heterocycles. The molecular weight excluding hydrogens is 132 g/mol. The lowest BCUT2D eigenvalue weighted by molar-refractivity contribution is -0.137. The van der Waals surface area contributed by atoms with Crippen LogP contribution in [0.3, 0.4) is 0 Å². The smallest absolute Gasteiger partial charge is 0.335 e. The average molecular weight is 144 g/mol. The van der Waals surface area contributed by atoms with Gasteiger partial charge in [0.2, 0.25) is 0 Å². The van der Waals surface area contributed by atoms with Crippen LogP contribution in [0.15, 0.2) is 12.2 Å². The highest BCUT2D eigenvalue weighted by molar-refractivity contribution is 5.88. The van der Waals surface area contributed by atoms with Crippen molar-refractivity contribution in [2.24, 2.45) is 0 Å². The number of esters is 1. The molecular formula is C7H12O3. The molecule has 0 aliphatic heterocycles. The number of hydrogen-bond donors (Lipinski definition) is 0. The van der Waals surface area contributed by atoms with Crippen LogP contribution in [-0.4, -0.2) is 26.3 Å². The van der Waals surface area contributed by atoms with Gasteiger partial charge < -0.3 is 9.47 Å². The van der Waals surface area contributed by atoms with Crippen molar-refractivity contribution in [3.05, 3.63) is 12.2 Å². The Morgan fingerprint density at radius 2 is 2.00 bits per heavy atom. The molecule has 0 aromatic rings. The predicted molar refractivity (Wildman–Crippen MR) is 37.6 cm³/mol. The molecule has 1 unspecified atom stereocenters. The average Bonchev–Trinajstić information content (AvgIpc) is 2.00. The fourth-order valence-corrected chi connectivity index (χ4v) is 0.439. The Balaban J connectivity index is 3.95. The number of hydrogen-bond acceptors (Lipinski definition) is 3. The second kappa shape index (κ2) is 4.06. The first-order valence-corrected chi connectivity index (χ1v) is 2.93. The zero-order valence-electron chi connectivity index (χ0n) is 6.51. The summed E-state index contributed by atoms with van der Waals surface area (Å²) in [4.78, 5) is 10.7. The van der Waals surface area contributed by atoms with E-state index >= 15 is 0 Å². The number of methoxy groups -OCH3 is 2. The topological polar surface area (TPSA) is 35.5 Å². The van der Waals surface area contributed by atoms with Gasteiger partial charge in [-0.15, -0.1) is 0 Å². The number of carbonyl (C=O) groups is 1. The summed E-state index contributed by atoms with van der Waals surface area (Å²) in [5.74, 6) is -0.422. The molecule has 0 N–H and O–H groups in total. The van der Waals surface area contributed by atoms with E-state index in [-0.39, 0.29) is 6.10 Å². The van der Waals surface area contributed by atoms with E-state index in [9.17, 15) is 4.79 Å². The van der Waals surface area contributed by atoms with Gasteiger partial charge in [-0.2, -0.15) is 0 Å². The van der Waals surface area contributed by atoms with Crippen LogP contribution in [-0.2, 0) is 14.3 Å². The van der Waals surface area contributed by atoms with E-state index in [0.29, 0.717) is 5.57 Å². The van der Waals surface area contributed by atoms with Crippen molar-refractivity contribution in [1.29, 1.82) is 0 Å². The minimum Gasteiger partial charge on any atom is -0.466 e. The van der Waals surface area contributed by atoms with Crippen molar-refractivity contribution in [3.63, 3.8) is 0 Å². The zero-order valence-corrected chi connectivity index (χ0v) is 6.51. The van der Waals surface area contributed by atoms with E-state index in [1.165, 1.54) is 14.2 Å². The Hall–Kier alpha value is -0.830. The molecule has 10 heavy (non-hydrogen) atoms. The molecule has 0 saturated carbocycles. The van der Waals surface area contributed by atoms with E-state index in [1.807, 2.05) is 0 Å². The monoisotopic (exact) mass is 144 g/mol. The van der Waals surface area contributed by atoms with Crippen LogP contribution in [0.4, 0.5) is 0 Å². The van der Waals surface area contributed by atoms with E-state index in [4.69, 9.17) is 4.74 Å². The highest BCUT2D eigenvalue weighted by Crippen LogP contribution is 2.03. The third-order valence-corrected chi connectivity index (χ3v) is 1.29. The summed E-state index contributed by atoms with van der Waals surface area (Å²) < 4.78 is 9.25. The van der Waals surface area contributed by atoms with Gasteiger partial charge in [0.25, 0.3) is 0 Å². The van der Waals surface area contributed by atoms with E-state index in [0.717, 1.165) is 0 Å². The summed E-state index contributed by atoms with van der Waals surface area (Å²) in [7, 11) is 2.83. The highest BCUT2D eigenvalue weighted by Gasteiger charge is 2.13. The lowest BCUT2D eigenvalue weighted by Crippen LogP contribution is -2.16. The van der Waals surface area contributed by atoms with Crippen molar-refractivity contribution >= 4 is 5.97 Å². The lowest BCUT2D eigenvalue weighted by Gasteiger charge is -2.09. The van der Waals surface area contributed by atoms with E-state index < -0.39 is 5.97 Å². The molecule has 0 aliphatic carbocycles. The second-order valence-electron chi connectivity index (χ2n) is 1.89. The minimum atomic E-state index is -0.422. The standard InChI is InChI=1S/C7H12O3/c1-5(6(2)9-3)7(8)10-4/h6H,1H2,2-4H3. The van der Waals surface area contributed by atoms with Crippen LogP contribution in [0.1, 0.15) is 6.92 Å². The van der Waals surface area contributed by atoms with Crippen molar-refractivity contribution in [2.75, 3.05) is 14.2 Å². The van der Waals surface area contributed by atoms with Gasteiger partial charge in [0.05, 0.1) is 18.8 Å². The second-order valence-corrected chi connectivity index (χ2v) is 1.89. The number of rotatable bonds is 3. The first-order valence-electron chi connectivity index (χ1n) is 2.93. The van der Waals surface area contributed by atoms with Crippen molar-refractivity contribution in [1.82, 2.24) is 0 Å². The molecule has 3 heteroatoms. The van der Waals surface area contributed by atoms with Crippen molar-refractivity contribution < 1.29 is 14.3 Å². The van der Waals surface area contributed by atoms with Gasteiger partial charge in [0, 0.05) is 7.11 Å². The third-order valence-electron chi connectivity index (χ3n) is 1.29. The Labute approximate surface area is 60.6 Å². The molecule has 0 rings (SSSR count). The summed E-state index contributed by atoms with van der Waals surface area (Å²) in [6.07, 6.45) is -0.271. The Kier molecular flexibility index (Phi) is 3.72. The summed E-state index contributed by atoms with van der Waals surface area (Å²) in [6, 6.07) is 0. The molecule has 1 atom stereocenters. The molecule has 0 spiro atoms. The van der Waals surface area contributed by atoms with Gasteiger partial charge in [0.15, 0.2) is 0 Å². The van der Waals surface area contributed by atoms with Gasteiger partial charge in [-0.1, -0.05) is 6.58 Å². The first kappa shape index (κ1) is 9.17. The summed E-state index contributed by atoms with van der Waals surface area (Å²) >= 11 is 0. The highest BCUT2D eigenvalue weighted by atomic mass is 16.5. The fraction of sp³-hybridized carbons (Fsp3) is 0.571. The zero-order chi connectivity index (χ0) is 8.15. The number of ether oxygens (including phenoxy) is 2. The summed E-state index contributed by atoms with van der Waals surface area (Å²) in [5.41, 5.74) is 0.338. The van der Waals surface area contributed by atoms with Gasteiger partial charge in [0.1, 0.15) is 0 Å². The Morgan fingerprint density at radius 3 is 2.30 bits per heavy atom. The van der Waals surface area contributed by atoms with Crippen LogP contribution >= 0.6 is 0 Å². The molecule has 3 nitrogen and oxygen atoms in total. The van der Waals surface area contributed by atoms with Gasteiger partial charge >= 0.3 is 5.97 Å². The molecule has 0 amide bonds. The molecule has 58 valence electrons. The molecule has 0 fully saturated rings. The Morgan fingerprint density at radius 1 is 1.50 bits per heavy atom. The van der Waals surface area contributed by atoms with Crippen LogP contribution in [0.5, 0.6) is 0 Å². The largest absolute Gasteiger partial charge is 0.466 e. The predicted octanol–water partition coefficient (Wildman–Crippen LogP) is 0.750. The maximum atomic E-state index is 10.7. The first-order chi connectivity index (χ1) is 4.63. The molecule has 0 radical (unpaired) electrons. The van der Waals surface area contributed by atoms with Crippen LogP contribution in [0.25, 0.3) is 0 Å². The molecule has 0 bridgehead atoms. The van der Waals surface area contributed by atoms with Gasteiger partial charge in [-0.05, 0) is 6.92 Å². The molecule has 0 heterocycles. The Bertz CT molecular complexity index is 140. The quantitative estimate of drug-likeness (QED) is 0.433. The van der Waals surface area contributed by atoms with E-state index in [1.54, 1.807) is 6.92 Å². The minimum absolute atomic E-state index is 0.271. The van der Waals surface area contributed by atoms with Gasteiger partial charge in [-0.25, -0.2) is 4.79 Å². The summed E-state index contributed by atoms with van der Waals surface area (Å²) in [5, 5.41) is 0. The lowest BCUT2D eigenvalue weighted by atomic mass is 10.2. The van der Waals surface area contributed by atoms with Crippen molar-refractivity contribution in [3.8, 4) is 0 Å². The van der Waals surface area contributed by atoms with Crippen LogP contribution in [0, 0.1) is 0 Å². The molecule has 0 aromatic carbocycles. The fourth-order valence-electron chi connectivity index (χ4n) is 0.439. The maximum absolute atomic E-state index is 10.7. The summed E-state index contributed by atoms with van der Waals surface area (Å²) in [6.45, 7) is 5.23. The number of carbonyl (C=O) groups excluding carboxylic acids is 1. The normalized spacial score (nSPS) is 12.3. The molecule has 0 aliphatic rings. The van der Waals surface area contributed by atoms with Crippen molar-refractivity contribution in [2.45, 2.75) is 13.0 Å².